The average molecular weight is 170 g/mol. The Hall–Kier alpha value is -1.12. The number of hydrogen-bond donors (Lipinski definition) is 0. The van der Waals surface area contributed by atoms with Crippen LogP contribution in [0.5, 0.6) is 0 Å². The van der Waals surface area contributed by atoms with Crippen molar-refractivity contribution in [2.24, 2.45) is 5.92 Å². The summed E-state index contributed by atoms with van der Waals surface area (Å²) in [5, 5.41) is 0. The van der Waals surface area contributed by atoms with Crippen molar-refractivity contribution in [2.45, 2.75) is 19.8 Å². The van der Waals surface area contributed by atoms with Crippen LogP contribution >= 0.6 is 0 Å². The standard InChI is InChI=1S/C9H14O3/c1-4-6-7(5-2)8(10)9(11)12-3/h4,7H,1,5-6H2,2-3H3/t7-/m0/s1. The van der Waals surface area contributed by atoms with Gasteiger partial charge >= 0.3 is 5.97 Å². The molecule has 1 atom stereocenters. The highest BCUT2D eigenvalue weighted by Gasteiger charge is 2.22. The molecule has 0 radical (unpaired) electrons. The molecule has 3 nitrogen and oxygen atoms in total. The monoisotopic (exact) mass is 170 g/mol. The molecule has 0 saturated heterocycles. The van der Waals surface area contributed by atoms with Crippen LogP contribution in [0.1, 0.15) is 19.8 Å². The summed E-state index contributed by atoms with van der Waals surface area (Å²) >= 11 is 0. The van der Waals surface area contributed by atoms with Gasteiger partial charge in [-0.25, -0.2) is 4.79 Å². The number of hydrogen-bond acceptors (Lipinski definition) is 3. The highest BCUT2D eigenvalue weighted by molar-refractivity contribution is 6.34. The topological polar surface area (TPSA) is 43.4 Å². The number of ketones is 1. The van der Waals surface area contributed by atoms with Crippen molar-refractivity contribution in [2.75, 3.05) is 7.11 Å². The minimum atomic E-state index is -0.760. The van der Waals surface area contributed by atoms with E-state index < -0.39 is 11.8 Å². The Kier molecular flexibility index (Phi) is 5.00. The fourth-order valence-electron chi connectivity index (χ4n) is 0.928. The van der Waals surface area contributed by atoms with E-state index in [4.69, 9.17) is 0 Å². The first kappa shape index (κ1) is 10.9. The average Bonchev–Trinajstić information content (AvgIpc) is 2.11. The van der Waals surface area contributed by atoms with Gasteiger partial charge in [-0.3, -0.25) is 4.79 Å². The van der Waals surface area contributed by atoms with Crippen molar-refractivity contribution < 1.29 is 14.3 Å². The summed E-state index contributed by atoms with van der Waals surface area (Å²) in [5.41, 5.74) is 0. The Labute approximate surface area is 72.4 Å². The molecule has 0 rings (SSSR count). The zero-order valence-electron chi connectivity index (χ0n) is 7.50. The van der Waals surface area contributed by atoms with Crippen molar-refractivity contribution in [1.29, 1.82) is 0 Å². The minimum Gasteiger partial charge on any atom is -0.463 e. The molecule has 0 aromatic carbocycles. The maximum absolute atomic E-state index is 11.2. The Morgan fingerprint density at radius 2 is 2.17 bits per heavy atom. The molecule has 0 aromatic heterocycles. The summed E-state index contributed by atoms with van der Waals surface area (Å²) in [6.07, 6.45) is 2.80. The lowest BCUT2D eigenvalue weighted by Crippen LogP contribution is -2.24. The highest BCUT2D eigenvalue weighted by Crippen LogP contribution is 2.10. The molecular formula is C9H14O3. The molecule has 0 amide bonds. The van der Waals surface area contributed by atoms with Gasteiger partial charge in [0.2, 0.25) is 5.78 Å². The van der Waals surface area contributed by atoms with Crippen LogP contribution in [0.15, 0.2) is 12.7 Å². The molecule has 0 unspecified atom stereocenters. The van der Waals surface area contributed by atoms with Crippen molar-refractivity contribution in [3.63, 3.8) is 0 Å². The summed E-state index contributed by atoms with van der Waals surface area (Å²) in [4.78, 5) is 22.0. The number of esters is 1. The van der Waals surface area contributed by atoms with Crippen LogP contribution < -0.4 is 0 Å². The quantitative estimate of drug-likeness (QED) is 0.355. The SMILES string of the molecule is C=CC[C@H](CC)C(=O)C(=O)OC. The van der Waals surface area contributed by atoms with Gasteiger partial charge in [-0.15, -0.1) is 6.58 Å². The summed E-state index contributed by atoms with van der Waals surface area (Å²) in [7, 11) is 1.21. The fraction of sp³-hybridized carbons (Fsp3) is 0.556. The molecule has 0 N–H and O–H groups in total. The first-order valence-electron chi connectivity index (χ1n) is 3.90. The van der Waals surface area contributed by atoms with Gasteiger partial charge in [0.05, 0.1) is 7.11 Å². The van der Waals surface area contributed by atoms with Crippen LogP contribution in [-0.4, -0.2) is 18.9 Å². The van der Waals surface area contributed by atoms with E-state index in [1.807, 2.05) is 6.92 Å². The molecule has 0 spiro atoms. The molecule has 0 fully saturated rings. The van der Waals surface area contributed by atoms with E-state index in [1.165, 1.54) is 7.11 Å². The van der Waals surface area contributed by atoms with Crippen molar-refractivity contribution in [1.82, 2.24) is 0 Å². The van der Waals surface area contributed by atoms with Crippen LogP contribution in [0.3, 0.4) is 0 Å². The second kappa shape index (κ2) is 5.52. The molecular weight excluding hydrogens is 156 g/mol. The number of methoxy groups -OCH3 is 1. The molecule has 0 heterocycles. The third-order valence-corrected chi connectivity index (χ3v) is 1.70. The van der Waals surface area contributed by atoms with Gasteiger partial charge < -0.3 is 4.74 Å². The second-order valence-electron chi connectivity index (χ2n) is 2.49. The van der Waals surface area contributed by atoms with Crippen molar-refractivity contribution in [3.8, 4) is 0 Å². The van der Waals surface area contributed by atoms with E-state index in [2.05, 4.69) is 11.3 Å². The number of carbonyl (C=O) groups excluding carboxylic acids is 2. The molecule has 0 aliphatic carbocycles. The number of carbonyl (C=O) groups is 2. The van der Waals surface area contributed by atoms with Crippen LogP contribution in [-0.2, 0) is 14.3 Å². The number of Topliss-reactive ketones (excluding diaryl/α,β-unsaturated/α-hetero) is 1. The van der Waals surface area contributed by atoms with E-state index in [1.54, 1.807) is 6.08 Å². The molecule has 0 aliphatic heterocycles. The predicted octanol–water partition coefficient (Wildman–Crippen LogP) is 1.33. The van der Waals surface area contributed by atoms with Gasteiger partial charge in [0.15, 0.2) is 0 Å². The summed E-state index contributed by atoms with van der Waals surface area (Å²) in [6, 6.07) is 0. The van der Waals surface area contributed by atoms with E-state index >= 15 is 0 Å². The number of ether oxygens (including phenoxy) is 1. The molecule has 0 aliphatic rings. The molecule has 3 heteroatoms. The number of rotatable bonds is 5. The molecule has 12 heavy (non-hydrogen) atoms. The zero-order valence-corrected chi connectivity index (χ0v) is 7.50. The van der Waals surface area contributed by atoms with Gasteiger partial charge in [0, 0.05) is 5.92 Å². The highest BCUT2D eigenvalue weighted by atomic mass is 16.5. The second-order valence-corrected chi connectivity index (χ2v) is 2.49. The largest absolute Gasteiger partial charge is 0.463 e. The molecule has 68 valence electrons. The van der Waals surface area contributed by atoms with Crippen LogP contribution in [0.25, 0.3) is 0 Å². The van der Waals surface area contributed by atoms with Gasteiger partial charge in [-0.05, 0) is 12.8 Å². The summed E-state index contributed by atoms with van der Waals surface area (Å²) < 4.78 is 4.32. The third kappa shape index (κ3) is 2.86. The van der Waals surface area contributed by atoms with E-state index in [0.717, 1.165) is 0 Å². The zero-order chi connectivity index (χ0) is 9.56. The van der Waals surface area contributed by atoms with Gasteiger partial charge in [0.25, 0.3) is 0 Å². The number of allylic oxidation sites excluding steroid dienone is 1. The van der Waals surface area contributed by atoms with Crippen molar-refractivity contribution >= 4 is 11.8 Å². The maximum atomic E-state index is 11.2. The lowest BCUT2D eigenvalue weighted by molar-refractivity contribution is -0.153. The smallest absolute Gasteiger partial charge is 0.374 e. The first-order valence-corrected chi connectivity index (χ1v) is 3.90. The van der Waals surface area contributed by atoms with E-state index in [9.17, 15) is 9.59 Å². The Bertz CT molecular complexity index is 184. The Morgan fingerprint density at radius 1 is 1.58 bits per heavy atom. The fourth-order valence-corrected chi connectivity index (χ4v) is 0.928. The normalized spacial score (nSPS) is 11.8. The van der Waals surface area contributed by atoms with Gasteiger partial charge in [-0.1, -0.05) is 13.0 Å². The summed E-state index contributed by atoms with van der Waals surface area (Å²) in [6.45, 7) is 5.37. The minimum absolute atomic E-state index is 0.269. The molecule has 0 saturated carbocycles. The maximum Gasteiger partial charge on any atom is 0.374 e. The Morgan fingerprint density at radius 3 is 2.50 bits per heavy atom. The molecule has 0 aromatic rings. The van der Waals surface area contributed by atoms with Gasteiger partial charge in [-0.2, -0.15) is 0 Å². The van der Waals surface area contributed by atoms with E-state index in [-0.39, 0.29) is 5.92 Å². The third-order valence-electron chi connectivity index (χ3n) is 1.70. The van der Waals surface area contributed by atoms with Crippen LogP contribution in [0.4, 0.5) is 0 Å². The van der Waals surface area contributed by atoms with Crippen LogP contribution in [0, 0.1) is 5.92 Å². The Balaban J connectivity index is 4.20. The summed E-state index contributed by atoms with van der Waals surface area (Å²) in [5.74, 6) is -1.49. The lowest BCUT2D eigenvalue weighted by Gasteiger charge is -2.08. The van der Waals surface area contributed by atoms with Crippen molar-refractivity contribution in [3.05, 3.63) is 12.7 Å². The first-order chi connectivity index (χ1) is 5.67. The van der Waals surface area contributed by atoms with Crippen LogP contribution in [0.2, 0.25) is 0 Å². The lowest BCUT2D eigenvalue weighted by atomic mass is 9.97. The van der Waals surface area contributed by atoms with Gasteiger partial charge in [0.1, 0.15) is 0 Å². The predicted molar refractivity (Wildman–Crippen MR) is 45.6 cm³/mol. The van der Waals surface area contributed by atoms with E-state index in [0.29, 0.717) is 12.8 Å². The molecule has 0 bridgehead atoms.